The highest BCUT2D eigenvalue weighted by atomic mass is 35.5. The molecule has 0 saturated carbocycles. The molecule has 1 amide bonds. The van der Waals surface area contributed by atoms with Crippen LogP contribution in [0.25, 0.3) is 0 Å². The van der Waals surface area contributed by atoms with Crippen LogP contribution in [-0.2, 0) is 11.2 Å². The van der Waals surface area contributed by atoms with E-state index in [-0.39, 0.29) is 11.9 Å². The summed E-state index contributed by atoms with van der Waals surface area (Å²) < 4.78 is 5.29. The van der Waals surface area contributed by atoms with Crippen LogP contribution in [0.1, 0.15) is 23.6 Å². The molecular formula is C19H16ClNO2S. The smallest absolute Gasteiger partial charge is 0.258 e. The molecule has 3 nitrogen and oxygen atoms in total. The lowest BCUT2D eigenvalue weighted by atomic mass is 9.91. The maximum absolute atomic E-state index is 12.6. The van der Waals surface area contributed by atoms with E-state index in [4.69, 9.17) is 16.3 Å². The van der Waals surface area contributed by atoms with Crippen LogP contribution in [0.4, 0.5) is 0 Å². The van der Waals surface area contributed by atoms with E-state index in [0.29, 0.717) is 10.8 Å². The van der Waals surface area contributed by atoms with E-state index >= 15 is 0 Å². The van der Waals surface area contributed by atoms with Crippen LogP contribution in [0, 0.1) is 0 Å². The standard InChI is InChI=1S/C19H16ClNO2S/c1-23-16-10-17-12(8-14(16)20)7-13-9-15(11-5-3-2-4-6-11)21-19(22)18(13)24-17/h2-6,8,10,15H,7,9H2,1H3,(H,21,22). The molecular weight excluding hydrogens is 342 g/mol. The molecule has 4 rings (SSSR count). The van der Waals surface area contributed by atoms with E-state index in [1.165, 1.54) is 17.3 Å². The number of rotatable bonds is 2. The fourth-order valence-electron chi connectivity index (χ4n) is 3.24. The Hall–Kier alpha value is -1.91. The highest BCUT2D eigenvalue weighted by Gasteiger charge is 2.32. The lowest BCUT2D eigenvalue weighted by Gasteiger charge is -2.31. The Morgan fingerprint density at radius 3 is 2.79 bits per heavy atom. The summed E-state index contributed by atoms with van der Waals surface area (Å²) >= 11 is 7.77. The van der Waals surface area contributed by atoms with E-state index in [2.05, 4.69) is 17.4 Å². The van der Waals surface area contributed by atoms with Gasteiger partial charge in [0.25, 0.3) is 5.91 Å². The molecule has 0 radical (unpaired) electrons. The Bertz CT molecular complexity index is 848. The first-order valence-electron chi connectivity index (χ1n) is 7.78. The minimum atomic E-state index is 0.00895. The van der Waals surface area contributed by atoms with Gasteiger partial charge in [0.2, 0.25) is 0 Å². The minimum Gasteiger partial charge on any atom is -0.495 e. The Labute approximate surface area is 150 Å². The quantitative estimate of drug-likeness (QED) is 0.859. The molecule has 2 aliphatic rings. The minimum absolute atomic E-state index is 0.00895. The highest BCUT2D eigenvalue weighted by molar-refractivity contribution is 8.04. The first-order valence-corrected chi connectivity index (χ1v) is 8.97. The Kier molecular flexibility index (Phi) is 4.02. The summed E-state index contributed by atoms with van der Waals surface area (Å²) in [6.07, 6.45) is 1.60. The van der Waals surface area contributed by atoms with Crippen molar-refractivity contribution in [3.05, 3.63) is 69.1 Å². The van der Waals surface area contributed by atoms with E-state index in [0.717, 1.165) is 33.8 Å². The van der Waals surface area contributed by atoms with E-state index in [9.17, 15) is 4.79 Å². The predicted octanol–water partition coefficient (Wildman–Crippen LogP) is 4.51. The summed E-state index contributed by atoms with van der Waals surface area (Å²) in [5, 5.41) is 3.74. The van der Waals surface area contributed by atoms with Crippen molar-refractivity contribution in [2.75, 3.05) is 7.11 Å². The first kappa shape index (κ1) is 15.6. The van der Waals surface area contributed by atoms with Gasteiger partial charge in [-0.15, -0.1) is 0 Å². The van der Waals surface area contributed by atoms with Gasteiger partial charge >= 0.3 is 0 Å². The molecule has 0 aliphatic carbocycles. The average Bonchev–Trinajstić information content (AvgIpc) is 2.60. The molecule has 24 heavy (non-hydrogen) atoms. The second kappa shape index (κ2) is 6.19. The number of carbonyl (C=O) groups excluding carboxylic acids is 1. The molecule has 2 aromatic rings. The van der Waals surface area contributed by atoms with Crippen LogP contribution in [0.15, 0.2) is 57.8 Å². The molecule has 0 spiro atoms. The van der Waals surface area contributed by atoms with Crippen molar-refractivity contribution in [3.63, 3.8) is 0 Å². The van der Waals surface area contributed by atoms with Gasteiger partial charge in [-0.25, -0.2) is 0 Å². The van der Waals surface area contributed by atoms with Crippen LogP contribution in [0.3, 0.4) is 0 Å². The fourth-order valence-corrected chi connectivity index (χ4v) is 4.60. The lowest BCUT2D eigenvalue weighted by molar-refractivity contribution is -0.118. The number of hydrogen-bond donors (Lipinski definition) is 1. The first-order chi connectivity index (χ1) is 11.7. The number of amides is 1. The molecule has 0 aromatic heterocycles. The average molecular weight is 358 g/mol. The van der Waals surface area contributed by atoms with Gasteiger partial charge in [-0.1, -0.05) is 53.7 Å². The topological polar surface area (TPSA) is 38.3 Å². The van der Waals surface area contributed by atoms with Crippen molar-refractivity contribution in [1.29, 1.82) is 0 Å². The van der Waals surface area contributed by atoms with E-state index < -0.39 is 0 Å². The third kappa shape index (κ3) is 2.70. The van der Waals surface area contributed by atoms with Crippen LogP contribution >= 0.6 is 23.4 Å². The molecule has 1 atom stereocenters. The number of nitrogens with one attached hydrogen (secondary N) is 1. The number of thioether (sulfide) groups is 1. The SMILES string of the molecule is COc1cc2c(cc1Cl)CC1=C(S2)C(=O)NC(c2ccccc2)C1. The normalized spacial score (nSPS) is 19.4. The second-order valence-electron chi connectivity index (χ2n) is 5.95. The Morgan fingerprint density at radius 1 is 1.25 bits per heavy atom. The number of halogens is 1. The molecule has 2 heterocycles. The van der Waals surface area contributed by atoms with Crippen LogP contribution in [0.2, 0.25) is 5.02 Å². The lowest BCUT2D eigenvalue weighted by Crippen LogP contribution is -2.35. The summed E-state index contributed by atoms with van der Waals surface area (Å²) in [5.41, 5.74) is 3.48. The largest absolute Gasteiger partial charge is 0.495 e. The van der Waals surface area contributed by atoms with Crippen molar-refractivity contribution in [1.82, 2.24) is 5.32 Å². The van der Waals surface area contributed by atoms with Gasteiger partial charge in [-0.05, 0) is 41.7 Å². The van der Waals surface area contributed by atoms with Gasteiger partial charge in [0.15, 0.2) is 0 Å². The van der Waals surface area contributed by atoms with Gasteiger partial charge in [-0.2, -0.15) is 0 Å². The zero-order valence-electron chi connectivity index (χ0n) is 13.1. The molecule has 0 bridgehead atoms. The molecule has 0 saturated heterocycles. The predicted molar refractivity (Wildman–Crippen MR) is 96.5 cm³/mol. The fraction of sp³-hybridized carbons (Fsp3) is 0.211. The third-order valence-electron chi connectivity index (χ3n) is 4.44. The maximum atomic E-state index is 12.6. The summed E-state index contributed by atoms with van der Waals surface area (Å²) in [5.74, 6) is 0.653. The van der Waals surface area contributed by atoms with Gasteiger partial charge < -0.3 is 10.1 Å². The Morgan fingerprint density at radius 2 is 2.04 bits per heavy atom. The highest BCUT2D eigenvalue weighted by Crippen LogP contribution is 2.46. The molecule has 1 N–H and O–H groups in total. The molecule has 122 valence electrons. The maximum Gasteiger partial charge on any atom is 0.258 e. The molecule has 5 heteroatoms. The van der Waals surface area contributed by atoms with E-state index in [1.54, 1.807) is 7.11 Å². The van der Waals surface area contributed by atoms with Gasteiger partial charge in [-0.3, -0.25) is 4.79 Å². The van der Waals surface area contributed by atoms with Crippen LogP contribution in [0.5, 0.6) is 5.75 Å². The van der Waals surface area contributed by atoms with Crippen molar-refractivity contribution < 1.29 is 9.53 Å². The van der Waals surface area contributed by atoms with Crippen LogP contribution in [-0.4, -0.2) is 13.0 Å². The third-order valence-corrected chi connectivity index (χ3v) is 6.01. The summed E-state index contributed by atoms with van der Waals surface area (Å²) in [4.78, 5) is 14.5. The zero-order chi connectivity index (χ0) is 16.7. The van der Waals surface area contributed by atoms with Crippen molar-refractivity contribution >= 4 is 29.3 Å². The number of fused-ring (bicyclic) bond motifs is 1. The number of carbonyl (C=O) groups is 1. The molecule has 1 unspecified atom stereocenters. The van der Waals surface area contributed by atoms with Crippen molar-refractivity contribution in [2.45, 2.75) is 23.8 Å². The molecule has 2 aromatic carbocycles. The Balaban J connectivity index is 1.67. The van der Waals surface area contributed by atoms with Gasteiger partial charge in [0.05, 0.1) is 23.1 Å². The van der Waals surface area contributed by atoms with E-state index in [1.807, 2.05) is 30.3 Å². The van der Waals surface area contributed by atoms with Gasteiger partial charge in [0, 0.05) is 4.90 Å². The summed E-state index contributed by atoms with van der Waals surface area (Å²) in [6.45, 7) is 0. The van der Waals surface area contributed by atoms with Crippen LogP contribution < -0.4 is 10.1 Å². The second-order valence-corrected chi connectivity index (χ2v) is 7.41. The van der Waals surface area contributed by atoms with Crippen molar-refractivity contribution in [2.24, 2.45) is 0 Å². The summed E-state index contributed by atoms with van der Waals surface area (Å²) in [7, 11) is 1.60. The molecule has 0 fully saturated rings. The number of ether oxygens (including phenoxy) is 1. The number of methoxy groups -OCH3 is 1. The van der Waals surface area contributed by atoms with Gasteiger partial charge in [0.1, 0.15) is 5.75 Å². The monoisotopic (exact) mass is 357 g/mol. The van der Waals surface area contributed by atoms with Crippen molar-refractivity contribution in [3.8, 4) is 5.75 Å². The summed E-state index contributed by atoms with van der Waals surface area (Å²) in [6, 6.07) is 14.0. The number of hydrogen-bond acceptors (Lipinski definition) is 3. The zero-order valence-corrected chi connectivity index (χ0v) is 14.7. The number of benzene rings is 2. The molecule has 2 aliphatic heterocycles.